The molecule has 0 spiro atoms. The zero-order valence-electron chi connectivity index (χ0n) is 15.1. The lowest BCUT2D eigenvalue weighted by Crippen LogP contribution is -2.49. The number of rotatable bonds is 4. The normalized spacial score (nSPS) is 14.2. The second-order valence-corrected chi connectivity index (χ2v) is 6.78. The molecule has 27 heavy (non-hydrogen) atoms. The van der Waals surface area contributed by atoms with Crippen LogP contribution in [0.5, 0.6) is 5.75 Å². The highest BCUT2D eigenvalue weighted by Gasteiger charge is 2.27. The van der Waals surface area contributed by atoms with Gasteiger partial charge in [-0.25, -0.2) is 0 Å². The maximum absolute atomic E-state index is 12.7. The monoisotopic (exact) mass is 389 g/mol. The number of carbonyl (C=O) groups excluding carboxylic acids is 1. The summed E-state index contributed by atoms with van der Waals surface area (Å²) in [5.74, 6) is 0.317. The highest BCUT2D eigenvalue weighted by Crippen LogP contribution is 2.32. The highest BCUT2D eigenvalue weighted by atomic mass is 35.5. The van der Waals surface area contributed by atoms with Crippen LogP contribution in [-0.4, -0.2) is 49.0 Å². The van der Waals surface area contributed by atoms with Gasteiger partial charge < -0.3 is 14.5 Å². The summed E-state index contributed by atoms with van der Waals surface area (Å²) in [4.78, 5) is 27.4. The first-order valence-electron chi connectivity index (χ1n) is 8.53. The molecule has 1 saturated heterocycles. The predicted octanol–water partition coefficient (Wildman–Crippen LogP) is 3.53. The van der Waals surface area contributed by atoms with Gasteiger partial charge in [0.25, 0.3) is 11.6 Å². The average molecular weight is 390 g/mol. The third-order valence-corrected chi connectivity index (χ3v) is 4.95. The van der Waals surface area contributed by atoms with Crippen molar-refractivity contribution in [3.63, 3.8) is 0 Å². The van der Waals surface area contributed by atoms with Crippen molar-refractivity contribution in [2.45, 2.75) is 6.92 Å². The summed E-state index contributed by atoms with van der Waals surface area (Å²) in [6, 6.07) is 10.2. The van der Waals surface area contributed by atoms with Crippen LogP contribution < -0.4 is 9.64 Å². The molecule has 1 aliphatic rings. The Morgan fingerprint density at radius 2 is 1.85 bits per heavy atom. The quantitative estimate of drug-likeness (QED) is 0.590. The molecule has 2 aromatic rings. The van der Waals surface area contributed by atoms with Crippen LogP contribution in [0.3, 0.4) is 0 Å². The Labute approximate surface area is 162 Å². The number of nitrogens with zero attached hydrogens (tertiary/aromatic N) is 3. The van der Waals surface area contributed by atoms with Crippen molar-refractivity contribution in [3.8, 4) is 5.75 Å². The smallest absolute Gasteiger partial charge is 0.296 e. The first-order chi connectivity index (χ1) is 12.9. The van der Waals surface area contributed by atoms with E-state index in [1.165, 1.54) is 13.2 Å². The molecule has 0 aromatic heterocycles. The molecule has 142 valence electrons. The van der Waals surface area contributed by atoms with Crippen molar-refractivity contribution in [1.29, 1.82) is 0 Å². The molecule has 0 saturated carbocycles. The van der Waals surface area contributed by atoms with Gasteiger partial charge in [-0.05, 0) is 36.8 Å². The van der Waals surface area contributed by atoms with Gasteiger partial charge in [0.15, 0.2) is 0 Å². The topological polar surface area (TPSA) is 75.9 Å². The van der Waals surface area contributed by atoms with E-state index in [2.05, 4.69) is 0 Å². The van der Waals surface area contributed by atoms with Crippen LogP contribution in [0.4, 0.5) is 11.4 Å². The number of benzene rings is 2. The number of methoxy groups -OCH3 is 1. The lowest BCUT2D eigenvalue weighted by Gasteiger charge is -2.36. The number of hydrogen-bond donors (Lipinski definition) is 0. The molecule has 1 heterocycles. The third-order valence-electron chi connectivity index (χ3n) is 4.64. The van der Waals surface area contributed by atoms with Gasteiger partial charge in [0.1, 0.15) is 11.4 Å². The van der Waals surface area contributed by atoms with Crippen LogP contribution in [-0.2, 0) is 0 Å². The molecule has 0 aliphatic carbocycles. The van der Waals surface area contributed by atoms with Gasteiger partial charge in [0.2, 0.25) is 0 Å². The second kappa shape index (κ2) is 7.84. The maximum Gasteiger partial charge on any atom is 0.296 e. The largest absolute Gasteiger partial charge is 0.496 e. The molecule has 0 bridgehead atoms. The Morgan fingerprint density at radius 3 is 2.44 bits per heavy atom. The number of anilines is 1. The van der Waals surface area contributed by atoms with E-state index in [9.17, 15) is 14.9 Å². The fraction of sp³-hybridized carbons (Fsp3) is 0.316. The van der Waals surface area contributed by atoms with Gasteiger partial charge >= 0.3 is 0 Å². The van der Waals surface area contributed by atoms with Crippen LogP contribution in [0.1, 0.15) is 15.9 Å². The molecule has 0 atom stereocenters. The molecule has 1 aliphatic heterocycles. The molecule has 3 rings (SSSR count). The SMILES string of the molecule is COc1ccc(N2CCN(C(=O)c3ccc(C)cc3Cl)CC2)c([N+](=O)[O-])c1. The average Bonchev–Trinajstić information content (AvgIpc) is 2.67. The second-order valence-electron chi connectivity index (χ2n) is 6.37. The molecular weight excluding hydrogens is 370 g/mol. The maximum atomic E-state index is 12.7. The zero-order valence-corrected chi connectivity index (χ0v) is 15.9. The molecular formula is C19H20ClN3O4. The minimum atomic E-state index is -0.415. The van der Waals surface area contributed by atoms with Gasteiger partial charge in [-0.2, -0.15) is 0 Å². The van der Waals surface area contributed by atoms with E-state index in [1.807, 2.05) is 17.9 Å². The minimum absolute atomic E-state index is 0.00398. The van der Waals surface area contributed by atoms with Gasteiger partial charge in [-0.3, -0.25) is 14.9 Å². The number of carbonyl (C=O) groups is 1. The summed E-state index contributed by atoms with van der Waals surface area (Å²) >= 11 is 6.21. The van der Waals surface area contributed by atoms with Crippen LogP contribution >= 0.6 is 11.6 Å². The van der Waals surface area contributed by atoms with Crippen molar-refractivity contribution in [3.05, 3.63) is 62.7 Å². The number of halogens is 1. The summed E-state index contributed by atoms with van der Waals surface area (Å²) < 4.78 is 5.08. The van der Waals surface area contributed by atoms with Crippen LogP contribution in [0, 0.1) is 17.0 Å². The number of hydrogen-bond acceptors (Lipinski definition) is 5. The highest BCUT2D eigenvalue weighted by molar-refractivity contribution is 6.33. The summed E-state index contributed by atoms with van der Waals surface area (Å²) in [5, 5.41) is 11.8. The number of amides is 1. The van der Waals surface area contributed by atoms with E-state index in [0.29, 0.717) is 48.2 Å². The Bertz CT molecular complexity index is 879. The van der Waals surface area contributed by atoms with Crippen molar-refractivity contribution < 1.29 is 14.5 Å². The van der Waals surface area contributed by atoms with Crippen molar-refractivity contribution in [1.82, 2.24) is 4.90 Å². The van der Waals surface area contributed by atoms with E-state index in [1.54, 1.807) is 29.2 Å². The standard InChI is InChI=1S/C19H20ClN3O4/c1-13-3-5-15(16(20)11-13)19(24)22-9-7-21(8-10-22)17-6-4-14(27-2)12-18(17)23(25)26/h3-6,11-12H,7-10H2,1-2H3. The number of nitro benzene ring substituents is 1. The van der Waals surface area contributed by atoms with Gasteiger partial charge in [0, 0.05) is 26.2 Å². The van der Waals surface area contributed by atoms with Crippen molar-refractivity contribution >= 4 is 28.9 Å². The van der Waals surface area contributed by atoms with Crippen LogP contribution in [0.15, 0.2) is 36.4 Å². The number of piperazine rings is 1. The molecule has 2 aromatic carbocycles. The molecule has 0 unspecified atom stereocenters. The predicted molar refractivity (Wildman–Crippen MR) is 104 cm³/mol. The Kier molecular flexibility index (Phi) is 5.51. The first kappa shape index (κ1) is 19.0. The minimum Gasteiger partial charge on any atom is -0.496 e. The Morgan fingerprint density at radius 1 is 1.15 bits per heavy atom. The molecule has 1 fully saturated rings. The van der Waals surface area contributed by atoms with Crippen molar-refractivity contribution in [2.24, 2.45) is 0 Å². The zero-order chi connectivity index (χ0) is 19.6. The van der Waals surface area contributed by atoms with Crippen molar-refractivity contribution in [2.75, 3.05) is 38.2 Å². The summed E-state index contributed by atoms with van der Waals surface area (Å²) in [6.45, 7) is 3.85. The molecule has 0 radical (unpaired) electrons. The fourth-order valence-electron chi connectivity index (χ4n) is 3.16. The summed E-state index contributed by atoms with van der Waals surface area (Å²) in [5.41, 5.74) is 2.00. The molecule has 1 amide bonds. The van der Waals surface area contributed by atoms with E-state index in [-0.39, 0.29) is 11.6 Å². The van der Waals surface area contributed by atoms with E-state index < -0.39 is 4.92 Å². The third kappa shape index (κ3) is 3.98. The van der Waals surface area contributed by atoms with Crippen LogP contribution in [0.25, 0.3) is 0 Å². The summed E-state index contributed by atoms with van der Waals surface area (Å²) in [7, 11) is 1.47. The number of ether oxygens (including phenoxy) is 1. The van der Waals surface area contributed by atoms with E-state index in [0.717, 1.165) is 5.56 Å². The van der Waals surface area contributed by atoms with Gasteiger partial charge in [0.05, 0.1) is 28.7 Å². The van der Waals surface area contributed by atoms with Gasteiger partial charge in [-0.15, -0.1) is 0 Å². The Hall–Kier alpha value is -2.80. The van der Waals surface area contributed by atoms with Gasteiger partial charge in [-0.1, -0.05) is 17.7 Å². The number of aryl methyl sites for hydroxylation is 1. The number of nitro groups is 1. The molecule has 8 heteroatoms. The van der Waals surface area contributed by atoms with E-state index >= 15 is 0 Å². The fourth-order valence-corrected chi connectivity index (χ4v) is 3.47. The first-order valence-corrected chi connectivity index (χ1v) is 8.91. The lowest BCUT2D eigenvalue weighted by atomic mass is 10.1. The molecule has 7 nitrogen and oxygen atoms in total. The van der Waals surface area contributed by atoms with Crippen LogP contribution in [0.2, 0.25) is 5.02 Å². The summed E-state index contributed by atoms with van der Waals surface area (Å²) in [6.07, 6.45) is 0. The lowest BCUT2D eigenvalue weighted by molar-refractivity contribution is -0.384. The van der Waals surface area contributed by atoms with E-state index in [4.69, 9.17) is 16.3 Å². The Balaban J connectivity index is 1.74. The molecule has 0 N–H and O–H groups in total.